The molecule has 0 radical (unpaired) electrons. The molecule has 0 unspecified atom stereocenters. The zero-order valence-electron chi connectivity index (χ0n) is 15.0. The summed E-state index contributed by atoms with van der Waals surface area (Å²) in [6, 6.07) is 5.96. The van der Waals surface area contributed by atoms with Gasteiger partial charge in [-0.25, -0.2) is 0 Å². The van der Waals surface area contributed by atoms with Gasteiger partial charge in [-0.3, -0.25) is 9.69 Å². The van der Waals surface area contributed by atoms with E-state index in [-0.39, 0.29) is 11.2 Å². The van der Waals surface area contributed by atoms with Crippen molar-refractivity contribution < 1.29 is 9.53 Å². The normalized spacial score (nSPS) is 11.8. The molecule has 1 rings (SSSR count). The van der Waals surface area contributed by atoms with Crippen LogP contribution < -0.4 is 4.74 Å². The summed E-state index contributed by atoms with van der Waals surface area (Å²) >= 11 is 0. The lowest BCUT2D eigenvalue weighted by Crippen LogP contribution is -2.31. The number of rotatable bonds is 8. The minimum Gasteiger partial charge on any atom is -0.496 e. The Morgan fingerprint density at radius 2 is 1.73 bits per heavy atom. The van der Waals surface area contributed by atoms with Gasteiger partial charge in [0.15, 0.2) is 5.78 Å². The Balaban J connectivity index is 3.04. The van der Waals surface area contributed by atoms with E-state index in [9.17, 15) is 4.79 Å². The molecule has 0 aliphatic carbocycles. The smallest absolute Gasteiger partial charge is 0.180 e. The maximum absolute atomic E-state index is 12.7. The molecule has 22 heavy (non-hydrogen) atoms. The summed E-state index contributed by atoms with van der Waals surface area (Å²) in [6.45, 7) is 13.1. The van der Waals surface area contributed by atoms with Gasteiger partial charge in [-0.2, -0.15) is 0 Å². The number of nitrogens with zero attached hydrogens (tertiary/aromatic N) is 1. The molecule has 0 heterocycles. The second-order valence-electron chi connectivity index (χ2n) is 6.86. The van der Waals surface area contributed by atoms with Gasteiger partial charge in [0.05, 0.1) is 19.2 Å². The van der Waals surface area contributed by atoms with Gasteiger partial charge < -0.3 is 4.74 Å². The van der Waals surface area contributed by atoms with Crippen molar-refractivity contribution in [2.24, 2.45) is 0 Å². The van der Waals surface area contributed by atoms with Gasteiger partial charge in [-0.1, -0.05) is 40.7 Å². The number of carbonyl (C=O) groups is 1. The number of Topliss-reactive ketones (excluding diaryl/α,β-unsaturated/α-hetero) is 1. The Hall–Kier alpha value is -1.35. The van der Waals surface area contributed by atoms with Crippen molar-refractivity contribution in [1.29, 1.82) is 0 Å². The zero-order valence-corrected chi connectivity index (χ0v) is 15.0. The monoisotopic (exact) mass is 305 g/mol. The average Bonchev–Trinajstić information content (AvgIpc) is 2.46. The molecule has 0 saturated carbocycles. The van der Waals surface area contributed by atoms with E-state index < -0.39 is 0 Å². The largest absolute Gasteiger partial charge is 0.496 e. The Labute approximate surface area is 135 Å². The van der Waals surface area contributed by atoms with Crippen molar-refractivity contribution in [3.63, 3.8) is 0 Å². The van der Waals surface area contributed by atoms with Crippen LogP contribution in [0.5, 0.6) is 5.75 Å². The van der Waals surface area contributed by atoms with Gasteiger partial charge in [-0.15, -0.1) is 0 Å². The Kier molecular flexibility index (Phi) is 7.08. The second-order valence-corrected chi connectivity index (χ2v) is 6.86. The van der Waals surface area contributed by atoms with E-state index in [1.165, 1.54) is 0 Å². The van der Waals surface area contributed by atoms with Crippen molar-refractivity contribution >= 4 is 5.78 Å². The summed E-state index contributed by atoms with van der Waals surface area (Å²) in [6.07, 6.45) is 2.12. The Morgan fingerprint density at radius 3 is 2.18 bits per heavy atom. The Bertz CT molecular complexity index is 483. The maximum atomic E-state index is 12.7. The number of ether oxygens (including phenoxy) is 1. The van der Waals surface area contributed by atoms with Gasteiger partial charge in [-0.05, 0) is 49.0 Å². The summed E-state index contributed by atoms with van der Waals surface area (Å²) in [5, 5.41) is 0. The predicted molar refractivity (Wildman–Crippen MR) is 93.0 cm³/mol. The summed E-state index contributed by atoms with van der Waals surface area (Å²) in [5.74, 6) is 0.816. The highest BCUT2D eigenvalue weighted by Gasteiger charge is 2.20. The van der Waals surface area contributed by atoms with Gasteiger partial charge in [0.25, 0.3) is 0 Å². The number of hydrogen-bond donors (Lipinski definition) is 0. The highest BCUT2D eigenvalue weighted by atomic mass is 16.5. The van der Waals surface area contributed by atoms with Gasteiger partial charge >= 0.3 is 0 Å². The molecule has 124 valence electrons. The third-order valence-electron chi connectivity index (χ3n) is 3.81. The minimum absolute atomic E-state index is 0.0217. The highest BCUT2D eigenvalue weighted by Crippen LogP contribution is 2.28. The number of hydrogen-bond acceptors (Lipinski definition) is 3. The molecule has 0 fully saturated rings. The Morgan fingerprint density at radius 1 is 1.14 bits per heavy atom. The van der Waals surface area contributed by atoms with Crippen molar-refractivity contribution in [3.05, 3.63) is 29.3 Å². The molecule has 3 heteroatoms. The quantitative estimate of drug-likeness (QED) is 0.671. The van der Waals surface area contributed by atoms with Crippen LogP contribution in [0, 0.1) is 0 Å². The summed E-state index contributed by atoms with van der Waals surface area (Å²) in [7, 11) is 1.62. The van der Waals surface area contributed by atoms with Crippen LogP contribution in [-0.2, 0) is 5.41 Å². The van der Waals surface area contributed by atoms with Crippen molar-refractivity contribution in [1.82, 2.24) is 4.90 Å². The van der Waals surface area contributed by atoms with E-state index >= 15 is 0 Å². The average molecular weight is 305 g/mol. The highest BCUT2D eigenvalue weighted by molar-refractivity contribution is 6.00. The van der Waals surface area contributed by atoms with Crippen LogP contribution in [0.15, 0.2) is 18.2 Å². The lowest BCUT2D eigenvalue weighted by Gasteiger charge is -2.23. The molecule has 0 aliphatic rings. The standard InChI is InChI=1S/C19H31NO2/c1-7-11-20(12-8-2)14-17(21)16-13-15(19(3,4)5)9-10-18(16)22-6/h9-10,13H,7-8,11-12,14H2,1-6H3. The summed E-state index contributed by atoms with van der Waals surface area (Å²) in [4.78, 5) is 15.0. The molecule has 1 aromatic rings. The van der Waals surface area contributed by atoms with E-state index in [0.29, 0.717) is 17.9 Å². The molecule has 0 bridgehead atoms. The van der Waals surface area contributed by atoms with Gasteiger partial charge in [0, 0.05) is 0 Å². The predicted octanol–water partition coefficient (Wildman–Crippen LogP) is 4.30. The topological polar surface area (TPSA) is 29.5 Å². The zero-order chi connectivity index (χ0) is 16.8. The molecule has 0 aliphatic heterocycles. The van der Waals surface area contributed by atoms with E-state index in [4.69, 9.17) is 4.74 Å². The van der Waals surface area contributed by atoms with Crippen LogP contribution in [0.2, 0.25) is 0 Å². The molecule has 0 aromatic heterocycles. The fourth-order valence-corrected chi connectivity index (χ4v) is 2.58. The van der Waals surface area contributed by atoms with Crippen LogP contribution in [0.25, 0.3) is 0 Å². The van der Waals surface area contributed by atoms with E-state index in [0.717, 1.165) is 31.5 Å². The van der Waals surface area contributed by atoms with Crippen LogP contribution in [0.3, 0.4) is 0 Å². The van der Waals surface area contributed by atoms with Crippen molar-refractivity contribution in [2.75, 3.05) is 26.7 Å². The lowest BCUT2D eigenvalue weighted by atomic mass is 9.85. The van der Waals surface area contributed by atoms with Crippen LogP contribution >= 0.6 is 0 Å². The van der Waals surface area contributed by atoms with E-state index in [2.05, 4.69) is 39.5 Å². The number of ketones is 1. The molecular weight excluding hydrogens is 274 g/mol. The molecular formula is C19H31NO2. The van der Waals surface area contributed by atoms with Crippen molar-refractivity contribution in [2.45, 2.75) is 52.9 Å². The van der Waals surface area contributed by atoms with Crippen LogP contribution in [0.1, 0.15) is 63.4 Å². The summed E-state index contributed by atoms with van der Waals surface area (Å²) < 4.78 is 5.40. The molecule has 0 atom stereocenters. The third-order valence-corrected chi connectivity index (χ3v) is 3.81. The fraction of sp³-hybridized carbons (Fsp3) is 0.632. The maximum Gasteiger partial charge on any atom is 0.180 e. The van der Waals surface area contributed by atoms with E-state index in [1.807, 2.05) is 18.2 Å². The number of methoxy groups -OCH3 is 1. The SMILES string of the molecule is CCCN(CCC)CC(=O)c1cc(C(C)(C)C)ccc1OC. The summed E-state index contributed by atoms with van der Waals surface area (Å²) in [5.41, 5.74) is 1.88. The lowest BCUT2D eigenvalue weighted by molar-refractivity contribution is 0.0927. The fourth-order valence-electron chi connectivity index (χ4n) is 2.58. The molecule has 0 N–H and O–H groups in total. The third kappa shape index (κ3) is 5.13. The van der Waals surface area contributed by atoms with Crippen molar-refractivity contribution in [3.8, 4) is 5.75 Å². The molecule has 0 spiro atoms. The molecule has 0 saturated heterocycles. The molecule has 0 amide bonds. The van der Waals surface area contributed by atoms with Crippen LogP contribution in [0.4, 0.5) is 0 Å². The molecule has 3 nitrogen and oxygen atoms in total. The number of carbonyl (C=O) groups excluding carboxylic acids is 1. The molecule has 1 aromatic carbocycles. The van der Waals surface area contributed by atoms with E-state index in [1.54, 1.807) is 7.11 Å². The second kappa shape index (κ2) is 8.33. The minimum atomic E-state index is 0.0217. The number of benzene rings is 1. The first-order chi connectivity index (χ1) is 10.3. The van der Waals surface area contributed by atoms with Crippen LogP contribution in [-0.4, -0.2) is 37.4 Å². The first kappa shape index (κ1) is 18.7. The van der Waals surface area contributed by atoms with Gasteiger partial charge in [0.2, 0.25) is 0 Å². The first-order valence-corrected chi connectivity index (χ1v) is 8.27. The van der Waals surface area contributed by atoms with Gasteiger partial charge in [0.1, 0.15) is 5.75 Å². The first-order valence-electron chi connectivity index (χ1n) is 8.27.